The van der Waals surface area contributed by atoms with Gasteiger partial charge < -0.3 is 11.1 Å². The molecule has 1 aromatic carbocycles. The van der Waals surface area contributed by atoms with Crippen molar-refractivity contribution in [1.29, 1.82) is 0 Å². The molecule has 4 N–H and O–H groups in total. The van der Waals surface area contributed by atoms with E-state index in [2.05, 4.69) is 15.5 Å². The number of benzene rings is 1. The van der Waals surface area contributed by atoms with Crippen LogP contribution in [0, 0.1) is 26.6 Å². The Hall–Kier alpha value is -2.37. The van der Waals surface area contributed by atoms with Crippen LogP contribution in [0.15, 0.2) is 12.1 Å². The van der Waals surface area contributed by atoms with Crippen LogP contribution in [0.25, 0.3) is 0 Å². The van der Waals surface area contributed by atoms with Crippen molar-refractivity contribution in [2.75, 3.05) is 11.1 Å². The number of aryl methyl sites for hydroxylation is 1. The summed E-state index contributed by atoms with van der Waals surface area (Å²) in [5, 5.41) is 9.34. The second kappa shape index (κ2) is 4.72. The number of aromatic amines is 1. The lowest BCUT2D eigenvalue weighted by Gasteiger charge is -2.07. The molecule has 0 aliphatic carbocycles. The Labute approximate surface area is 110 Å². The van der Waals surface area contributed by atoms with Crippen molar-refractivity contribution in [3.05, 3.63) is 40.3 Å². The van der Waals surface area contributed by atoms with Gasteiger partial charge in [0.25, 0.3) is 5.91 Å². The van der Waals surface area contributed by atoms with Crippen molar-refractivity contribution in [2.24, 2.45) is 0 Å². The Morgan fingerprint density at radius 1 is 1.32 bits per heavy atom. The Morgan fingerprint density at radius 3 is 2.53 bits per heavy atom. The quantitative estimate of drug-likeness (QED) is 0.726. The number of nitrogens with one attached hydrogen (secondary N) is 2. The minimum absolute atomic E-state index is 0.167. The molecule has 0 atom stereocenters. The summed E-state index contributed by atoms with van der Waals surface area (Å²) in [6.45, 7) is 5.24. The highest BCUT2D eigenvalue weighted by molar-refractivity contribution is 6.04. The Balaban J connectivity index is 2.28. The van der Waals surface area contributed by atoms with Gasteiger partial charge in [0.15, 0.2) is 5.82 Å². The summed E-state index contributed by atoms with van der Waals surface area (Å²) < 4.78 is 13.5. The first-order valence-electron chi connectivity index (χ1n) is 5.78. The Bertz CT molecular complexity index is 625. The molecule has 0 fully saturated rings. The first kappa shape index (κ1) is 13.1. The van der Waals surface area contributed by atoms with Gasteiger partial charge in [-0.2, -0.15) is 5.10 Å². The topological polar surface area (TPSA) is 83.8 Å². The predicted octanol–water partition coefficient (Wildman–Crippen LogP) is 2.31. The van der Waals surface area contributed by atoms with Gasteiger partial charge >= 0.3 is 0 Å². The molecule has 1 heterocycles. The summed E-state index contributed by atoms with van der Waals surface area (Å²) in [7, 11) is 0. The molecule has 0 saturated heterocycles. The average molecular weight is 262 g/mol. The van der Waals surface area contributed by atoms with Gasteiger partial charge in [0.05, 0.1) is 0 Å². The summed E-state index contributed by atoms with van der Waals surface area (Å²) in [6.07, 6.45) is 0. The van der Waals surface area contributed by atoms with Crippen molar-refractivity contribution in [3.8, 4) is 0 Å². The second-order valence-corrected chi connectivity index (χ2v) is 4.45. The molecule has 0 bridgehead atoms. The van der Waals surface area contributed by atoms with E-state index in [9.17, 15) is 9.18 Å². The van der Waals surface area contributed by atoms with Gasteiger partial charge in [-0.05, 0) is 32.9 Å². The van der Waals surface area contributed by atoms with E-state index in [0.29, 0.717) is 11.4 Å². The number of nitrogen functional groups attached to an aromatic ring is 1. The number of nitrogens with zero attached hydrogens (tertiary/aromatic N) is 1. The molecule has 1 amide bonds. The molecule has 100 valence electrons. The fourth-order valence-corrected chi connectivity index (χ4v) is 1.62. The summed E-state index contributed by atoms with van der Waals surface area (Å²) in [5.41, 5.74) is 8.11. The maximum absolute atomic E-state index is 13.5. The van der Waals surface area contributed by atoms with Crippen molar-refractivity contribution < 1.29 is 9.18 Å². The maximum Gasteiger partial charge on any atom is 0.257 e. The molecule has 2 rings (SSSR count). The molecular weight excluding hydrogens is 247 g/mol. The lowest BCUT2D eigenvalue weighted by atomic mass is 10.1. The highest BCUT2D eigenvalue weighted by Gasteiger charge is 2.14. The van der Waals surface area contributed by atoms with E-state index >= 15 is 0 Å². The van der Waals surface area contributed by atoms with Gasteiger partial charge in [-0.25, -0.2) is 4.39 Å². The highest BCUT2D eigenvalue weighted by Crippen LogP contribution is 2.19. The van der Waals surface area contributed by atoms with Crippen LogP contribution in [0.4, 0.5) is 15.9 Å². The molecule has 1 aromatic heterocycles. The van der Waals surface area contributed by atoms with Crippen molar-refractivity contribution >= 4 is 17.4 Å². The largest absolute Gasteiger partial charge is 0.398 e. The molecule has 0 radical (unpaired) electrons. The number of aromatic nitrogens is 2. The molecule has 5 nitrogen and oxygen atoms in total. The molecular formula is C13H15FN4O. The van der Waals surface area contributed by atoms with Gasteiger partial charge in [0.1, 0.15) is 5.82 Å². The number of anilines is 2. The Kier molecular flexibility index (Phi) is 3.25. The van der Waals surface area contributed by atoms with E-state index in [1.54, 1.807) is 6.92 Å². The van der Waals surface area contributed by atoms with E-state index in [1.165, 1.54) is 6.07 Å². The van der Waals surface area contributed by atoms with E-state index in [0.717, 1.165) is 17.3 Å². The van der Waals surface area contributed by atoms with Crippen LogP contribution in [-0.4, -0.2) is 16.1 Å². The number of carbonyl (C=O) groups is 1. The fraction of sp³-hybridized carbons (Fsp3) is 0.231. The van der Waals surface area contributed by atoms with Crippen LogP contribution in [0.2, 0.25) is 0 Å². The lowest BCUT2D eigenvalue weighted by molar-refractivity contribution is 0.102. The molecule has 0 unspecified atom stereocenters. The number of rotatable bonds is 2. The first-order valence-corrected chi connectivity index (χ1v) is 5.78. The molecule has 0 aliphatic rings. The van der Waals surface area contributed by atoms with Crippen LogP contribution < -0.4 is 11.1 Å². The van der Waals surface area contributed by atoms with Crippen LogP contribution in [0.1, 0.15) is 27.2 Å². The Morgan fingerprint density at radius 2 is 2.00 bits per heavy atom. The number of nitrogens with two attached hydrogens (primary N) is 1. The third-order valence-corrected chi connectivity index (χ3v) is 3.13. The smallest absolute Gasteiger partial charge is 0.257 e. The van der Waals surface area contributed by atoms with E-state index in [1.807, 2.05) is 13.8 Å². The van der Waals surface area contributed by atoms with E-state index in [-0.39, 0.29) is 11.3 Å². The molecule has 0 spiro atoms. The number of amides is 1. The van der Waals surface area contributed by atoms with E-state index in [4.69, 9.17) is 5.73 Å². The predicted molar refractivity (Wildman–Crippen MR) is 71.6 cm³/mol. The van der Waals surface area contributed by atoms with Gasteiger partial charge in [0, 0.05) is 28.1 Å². The first-order chi connectivity index (χ1) is 8.90. The number of hydrogen-bond acceptors (Lipinski definition) is 3. The lowest BCUT2D eigenvalue weighted by Crippen LogP contribution is -2.14. The minimum atomic E-state index is -0.500. The van der Waals surface area contributed by atoms with Crippen molar-refractivity contribution in [2.45, 2.75) is 20.8 Å². The fourth-order valence-electron chi connectivity index (χ4n) is 1.62. The summed E-state index contributed by atoms with van der Waals surface area (Å²) in [4.78, 5) is 12.0. The van der Waals surface area contributed by atoms with Crippen LogP contribution >= 0.6 is 0 Å². The SMILES string of the molecule is Cc1[nH]nc(NC(=O)c2cc(N)c(C)c(F)c2)c1C. The third-order valence-electron chi connectivity index (χ3n) is 3.13. The molecule has 2 aromatic rings. The maximum atomic E-state index is 13.5. The molecule has 6 heteroatoms. The monoisotopic (exact) mass is 262 g/mol. The molecule has 0 saturated carbocycles. The summed E-state index contributed by atoms with van der Waals surface area (Å²) in [5.74, 6) is -0.512. The van der Waals surface area contributed by atoms with Crippen LogP contribution in [0.3, 0.4) is 0 Å². The molecule has 19 heavy (non-hydrogen) atoms. The second-order valence-electron chi connectivity index (χ2n) is 4.45. The van der Waals surface area contributed by atoms with Crippen LogP contribution in [0.5, 0.6) is 0 Å². The van der Waals surface area contributed by atoms with Gasteiger partial charge in [-0.1, -0.05) is 0 Å². The van der Waals surface area contributed by atoms with Crippen molar-refractivity contribution in [1.82, 2.24) is 10.2 Å². The number of H-pyrrole nitrogens is 1. The number of hydrogen-bond donors (Lipinski definition) is 3. The van der Waals surface area contributed by atoms with Gasteiger partial charge in [-0.15, -0.1) is 0 Å². The highest BCUT2D eigenvalue weighted by atomic mass is 19.1. The zero-order chi connectivity index (χ0) is 14.2. The molecule has 0 aliphatic heterocycles. The minimum Gasteiger partial charge on any atom is -0.398 e. The van der Waals surface area contributed by atoms with Crippen molar-refractivity contribution in [3.63, 3.8) is 0 Å². The number of halogens is 1. The summed E-state index contributed by atoms with van der Waals surface area (Å²) >= 11 is 0. The third kappa shape index (κ3) is 2.42. The zero-order valence-electron chi connectivity index (χ0n) is 11.0. The number of carbonyl (C=O) groups excluding carboxylic acids is 1. The van der Waals surface area contributed by atoms with Crippen LogP contribution in [-0.2, 0) is 0 Å². The average Bonchev–Trinajstić information content (AvgIpc) is 2.67. The normalized spacial score (nSPS) is 10.5. The standard InChI is InChI=1S/C13H15FN4O/c1-6-8(3)17-18-12(6)16-13(19)9-4-10(14)7(2)11(15)5-9/h4-5H,15H2,1-3H3,(H2,16,17,18,19). The van der Waals surface area contributed by atoms with E-state index < -0.39 is 11.7 Å². The van der Waals surface area contributed by atoms with Gasteiger partial charge in [-0.3, -0.25) is 9.89 Å². The van der Waals surface area contributed by atoms with Gasteiger partial charge in [0.2, 0.25) is 0 Å². The zero-order valence-corrected chi connectivity index (χ0v) is 11.0. The summed E-state index contributed by atoms with van der Waals surface area (Å²) in [6, 6.07) is 2.61.